The van der Waals surface area contributed by atoms with E-state index in [1.165, 1.54) is 18.4 Å². The van der Waals surface area contributed by atoms with Crippen LogP contribution in [0.2, 0.25) is 0 Å². The fourth-order valence-electron chi connectivity index (χ4n) is 2.30. The van der Waals surface area contributed by atoms with Crippen molar-refractivity contribution < 1.29 is 4.79 Å². The molecule has 0 aliphatic carbocycles. The second kappa shape index (κ2) is 10.4. The van der Waals surface area contributed by atoms with Gasteiger partial charge in [-0.15, -0.1) is 0 Å². The molecule has 1 aromatic rings. The molecule has 2 N–H and O–H groups in total. The summed E-state index contributed by atoms with van der Waals surface area (Å²) < 4.78 is 0. The number of amides is 1. The normalized spacial score (nSPS) is 12.1. The van der Waals surface area contributed by atoms with E-state index in [4.69, 9.17) is 0 Å². The third-order valence-corrected chi connectivity index (χ3v) is 3.63. The minimum Gasteiger partial charge on any atom is -0.326 e. The van der Waals surface area contributed by atoms with Gasteiger partial charge in [0.1, 0.15) is 0 Å². The highest BCUT2D eigenvalue weighted by Crippen LogP contribution is 2.18. The Hall–Kier alpha value is -1.35. The molecule has 0 spiro atoms. The molecule has 1 atom stereocenters. The second-order valence-electron chi connectivity index (χ2n) is 5.66. The first kappa shape index (κ1) is 17.7. The van der Waals surface area contributed by atoms with Gasteiger partial charge in [0.15, 0.2) is 0 Å². The number of rotatable bonds is 10. The zero-order valence-electron chi connectivity index (χ0n) is 13.7. The van der Waals surface area contributed by atoms with Gasteiger partial charge in [0.2, 0.25) is 5.91 Å². The van der Waals surface area contributed by atoms with Crippen molar-refractivity contribution in [3.63, 3.8) is 0 Å². The van der Waals surface area contributed by atoms with Gasteiger partial charge in [0, 0.05) is 18.2 Å². The van der Waals surface area contributed by atoms with Crippen molar-refractivity contribution in [2.24, 2.45) is 0 Å². The van der Waals surface area contributed by atoms with Crippen LogP contribution in [0.15, 0.2) is 24.3 Å². The van der Waals surface area contributed by atoms with Gasteiger partial charge in [-0.3, -0.25) is 4.79 Å². The lowest BCUT2D eigenvalue weighted by atomic mass is 10.1. The van der Waals surface area contributed by atoms with Crippen LogP contribution in [0.4, 0.5) is 5.69 Å². The molecular weight excluding hydrogens is 260 g/mol. The summed E-state index contributed by atoms with van der Waals surface area (Å²) in [5, 5.41) is 6.47. The summed E-state index contributed by atoms with van der Waals surface area (Å²) in [5.41, 5.74) is 2.12. The molecule has 0 aliphatic heterocycles. The molecule has 1 aromatic carbocycles. The number of hydrogen-bond donors (Lipinski definition) is 2. The number of anilines is 1. The van der Waals surface area contributed by atoms with Gasteiger partial charge >= 0.3 is 0 Å². The Balaban J connectivity index is 2.46. The quantitative estimate of drug-likeness (QED) is 0.615. The van der Waals surface area contributed by atoms with Gasteiger partial charge in [-0.2, -0.15) is 0 Å². The molecule has 0 aliphatic rings. The number of nitrogens with one attached hydrogen (secondary N) is 2. The van der Waals surface area contributed by atoms with Crippen molar-refractivity contribution in [3.05, 3.63) is 29.8 Å². The van der Waals surface area contributed by atoms with Gasteiger partial charge < -0.3 is 10.6 Å². The molecule has 0 bridgehead atoms. The molecule has 1 unspecified atom stereocenters. The zero-order valence-corrected chi connectivity index (χ0v) is 13.7. The Morgan fingerprint density at radius 3 is 2.67 bits per heavy atom. The Labute approximate surface area is 129 Å². The van der Waals surface area contributed by atoms with E-state index in [0.29, 0.717) is 12.5 Å². The number of carbonyl (C=O) groups is 1. The molecule has 0 aromatic heterocycles. The summed E-state index contributed by atoms with van der Waals surface area (Å²) in [7, 11) is 0. The highest BCUT2D eigenvalue weighted by Gasteiger charge is 2.06. The van der Waals surface area contributed by atoms with Gasteiger partial charge in [-0.05, 0) is 44.0 Å². The molecule has 0 saturated carbocycles. The van der Waals surface area contributed by atoms with Crippen LogP contribution in [0, 0.1) is 0 Å². The third kappa shape index (κ3) is 7.28. The average Bonchev–Trinajstić information content (AvgIpc) is 2.49. The van der Waals surface area contributed by atoms with E-state index in [1.54, 1.807) is 0 Å². The number of benzene rings is 1. The van der Waals surface area contributed by atoms with Crippen molar-refractivity contribution in [2.45, 2.75) is 65.3 Å². The fourth-order valence-corrected chi connectivity index (χ4v) is 2.30. The Bertz CT molecular complexity index is 417. The van der Waals surface area contributed by atoms with Crippen LogP contribution < -0.4 is 10.6 Å². The molecule has 0 heterocycles. The zero-order chi connectivity index (χ0) is 15.5. The highest BCUT2D eigenvalue weighted by atomic mass is 16.1. The molecule has 1 amide bonds. The van der Waals surface area contributed by atoms with E-state index in [2.05, 4.69) is 43.5 Å². The maximum atomic E-state index is 11.9. The minimum absolute atomic E-state index is 0.123. The molecule has 1 rings (SSSR count). The molecule has 3 heteroatoms. The average molecular weight is 290 g/mol. The molecular formula is C18H30N2O. The lowest BCUT2D eigenvalue weighted by molar-refractivity contribution is -0.116. The lowest BCUT2D eigenvalue weighted by Gasteiger charge is -2.15. The third-order valence-electron chi connectivity index (χ3n) is 3.63. The first-order valence-corrected chi connectivity index (χ1v) is 8.30. The van der Waals surface area contributed by atoms with Crippen molar-refractivity contribution in [1.82, 2.24) is 5.32 Å². The fraction of sp³-hybridized carbons (Fsp3) is 0.611. The summed E-state index contributed by atoms with van der Waals surface area (Å²) in [4.78, 5) is 11.9. The van der Waals surface area contributed by atoms with Gasteiger partial charge in [0.05, 0.1) is 0 Å². The summed E-state index contributed by atoms with van der Waals surface area (Å²) in [6.07, 6.45) is 6.28. The molecule has 0 fully saturated rings. The van der Waals surface area contributed by atoms with E-state index in [1.807, 2.05) is 12.1 Å². The topological polar surface area (TPSA) is 41.1 Å². The molecule has 0 saturated heterocycles. The Kier molecular flexibility index (Phi) is 8.76. The van der Waals surface area contributed by atoms with Crippen LogP contribution in [-0.2, 0) is 4.79 Å². The molecule has 21 heavy (non-hydrogen) atoms. The van der Waals surface area contributed by atoms with E-state index < -0.39 is 0 Å². The van der Waals surface area contributed by atoms with Crippen molar-refractivity contribution in [3.8, 4) is 0 Å². The smallest absolute Gasteiger partial charge is 0.224 e. The summed E-state index contributed by atoms with van der Waals surface area (Å²) in [6.45, 7) is 7.50. The van der Waals surface area contributed by atoms with Crippen LogP contribution in [0.1, 0.15) is 70.9 Å². The molecule has 3 nitrogen and oxygen atoms in total. The largest absolute Gasteiger partial charge is 0.326 e. The second-order valence-corrected chi connectivity index (χ2v) is 5.66. The first-order chi connectivity index (χ1) is 10.2. The van der Waals surface area contributed by atoms with Crippen LogP contribution in [0.25, 0.3) is 0 Å². The predicted molar refractivity (Wildman–Crippen MR) is 90.5 cm³/mol. The number of carbonyl (C=O) groups excluding carboxylic acids is 1. The minimum atomic E-state index is 0.123. The SMILES string of the molecule is CCCCCCC(=O)Nc1cccc(C(C)NCCC)c1. The van der Waals surface area contributed by atoms with E-state index in [0.717, 1.165) is 31.5 Å². The van der Waals surface area contributed by atoms with Gasteiger partial charge in [-0.1, -0.05) is 45.2 Å². The highest BCUT2D eigenvalue weighted by molar-refractivity contribution is 5.90. The first-order valence-electron chi connectivity index (χ1n) is 8.30. The standard InChI is InChI=1S/C18H30N2O/c1-4-6-7-8-12-18(21)20-17-11-9-10-16(14-17)15(3)19-13-5-2/h9-11,14-15,19H,4-8,12-13H2,1-3H3,(H,20,21). The van der Waals surface area contributed by atoms with Crippen LogP contribution in [0.5, 0.6) is 0 Å². The molecule has 118 valence electrons. The number of hydrogen-bond acceptors (Lipinski definition) is 2. The predicted octanol–water partition coefficient (Wildman–Crippen LogP) is 4.66. The van der Waals surface area contributed by atoms with Gasteiger partial charge in [0.25, 0.3) is 0 Å². The summed E-state index contributed by atoms with van der Waals surface area (Å²) >= 11 is 0. The number of unbranched alkanes of at least 4 members (excludes halogenated alkanes) is 3. The summed E-state index contributed by atoms with van der Waals surface area (Å²) in [6, 6.07) is 8.44. The lowest BCUT2D eigenvalue weighted by Crippen LogP contribution is -2.19. The van der Waals surface area contributed by atoms with Crippen LogP contribution in [0.3, 0.4) is 0 Å². The van der Waals surface area contributed by atoms with Crippen LogP contribution >= 0.6 is 0 Å². The van der Waals surface area contributed by atoms with Crippen molar-refractivity contribution >= 4 is 11.6 Å². The van der Waals surface area contributed by atoms with Crippen molar-refractivity contribution in [2.75, 3.05) is 11.9 Å². The maximum Gasteiger partial charge on any atom is 0.224 e. The Morgan fingerprint density at radius 2 is 1.95 bits per heavy atom. The van der Waals surface area contributed by atoms with Gasteiger partial charge in [-0.25, -0.2) is 0 Å². The van der Waals surface area contributed by atoms with E-state index in [9.17, 15) is 4.79 Å². The maximum absolute atomic E-state index is 11.9. The monoisotopic (exact) mass is 290 g/mol. The van der Waals surface area contributed by atoms with Crippen molar-refractivity contribution in [1.29, 1.82) is 0 Å². The van der Waals surface area contributed by atoms with Crippen LogP contribution in [-0.4, -0.2) is 12.5 Å². The summed E-state index contributed by atoms with van der Waals surface area (Å²) in [5.74, 6) is 0.123. The van der Waals surface area contributed by atoms with E-state index in [-0.39, 0.29) is 5.91 Å². The molecule has 0 radical (unpaired) electrons. The van der Waals surface area contributed by atoms with E-state index >= 15 is 0 Å². The Morgan fingerprint density at radius 1 is 1.14 bits per heavy atom.